The molecule has 1 aromatic heterocycles. The van der Waals surface area contributed by atoms with Gasteiger partial charge in [-0.2, -0.15) is 0 Å². The van der Waals surface area contributed by atoms with Gasteiger partial charge in [0.2, 0.25) is 0 Å². The molecule has 2 N–H and O–H groups in total. The van der Waals surface area contributed by atoms with E-state index in [2.05, 4.69) is 15.5 Å². The van der Waals surface area contributed by atoms with Crippen LogP contribution in [-0.2, 0) is 7.05 Å². The number of nitrogens with zero attached hydrogens (tertiary/aromatic N) is 2. The highest BCUT2D eigenvalue weighted by Crippen LogP contribution is 2.17. The van der Waals surface area contributed by atoms with E-state index < -0.39 is 0 Å². The lowest BCUT2D eigenvalue weighted by Crippen LogP contribution is -2.24. The van der Waals surface area contributed by atoms with E-state index >= 15 is 0 Å². The topological polar surface area (TPSA) is 62.7 Å². The molecule has 2 rings (SSSR count). The Kier molecular flexibility index (Phi) is 2.93. The Morgan fingerprint density at radius 3 is 3.14 bits per heavy atom. The maximum Gasteiger partial charge on any atom is 0.343 e. The van der Waals surface area contributed by atoms with Crippen LogP contribution in [0.5, 0.6) is 0 Å². The van der Waals surface area contributed by atoms with Crippen molar-refractivity contribution in [3.05, 3.63) is 10.5 Å². The molecule has 0 spiro atoms. The van der Waals surface area contributed by atoms with Crippen LogP contribution in [0.25, 0.3) is 0 Å². The average molecular weight is 214 g/mol. The van der Waals surface area contributed by atoms with E-state index in [0.29, 0.717) is 6.04 Å². The monoisotopic (exact) mass is 214 g/mol. The van der Waals surface area contributed by atoms with Gasteiger partial charge in [0.05, 0.1) is 0 Å². The van der Waals surface area contributed by atoms with Crippen molar-refractivity contribution in [3.8, 4) is 0 Å². The maximum atomic E-state index is 11.1. The van der Waals surface area contributed by atoms with Gasteiger partial charge < -0.3 is 5.32 Å². The van der Waals surface area contributed by atoms with Crippen LogP contribution in [0, 0.1) is 0 Å². The number of aromatic nitrogens is 3. The second-order valence-electron chi connectivity index (χ2n) is 3.47. The molecule has 1 aliphatic rings. The van der Waals surface area contributed by atoms with Gasteiger partial charge in [0.15, 0.2) is 5.16 Å². The van der Waals surface area contributed by atoms with Crippen molar-refractivity contribution in [1.82, 2.24) is 20.1 Å². The highest BCUT2D eigenvalue weighted by molar-refractivity contribution is 7.99. The summed E-state index contributed by atoms with van der Waals surface area (Å²) >= 11 is 1.62. The van der Waals surface area contributed by atoms with Crippen LogP contribution in [0.15, 0.2) is 9.95 Å². The van der Waals surface area contributed by atoms with Crippen LogP contribution in [0.4, 0.5) is 0 Å². The lowest BCUT2D eigenvalue weighted by molar-refractivity contribution is 0.670. The van der Waals surface area contributed by atoms with Gasteiger partial charge in [-0.1, -0.05) is 11.8 Å². The third-order valence-corrected chi connectivity index (χ3v) is 3.61. The largest absolute Gasteiger partial charge is 0.343 e. The molecule has 0 aromatic carbocycles. The molecule has 1 aromatic rings. The van der Waals surface area contributed by atoms with Gasteiger partial charge in [0, 0.05) is 18.8 Å². The highest BCUT2D eigenvalue weighted by Gasteiger charge is 2.15. The van der Waals surface area contributed by atoms with Crippen LogP contribution < -0.4 is 11.0 Å². The first-order valence-corrected chi connectivity index (χ1v) is 5.73. The van der Waals surface area contributed by atoms with Gasteiger partial charge in [0.1, 0.15) is 0 Å². The molecule has 1 saturated heterocycles. The minimum atomic E-state index is -0.146. The molecule has 1 atom stereocenters. The SMILES string of the molecule is Cn1c(SCC2CCCN2)n[nH]c1=O. The first-order chi connectivity index (χ1) is 6.77. The maximum absolute atomic E-state index is 11.1. The van der Waals surface area contributed by atoms with Crippen LogP contribution in [0.1, 0.15) is 12.8 Å². The summed E-state index contributed by atoms with van der Waals surface area (Å²) in [4.78, 5) is 11.1. The summed E-state index contributed by atoms with van der Waals surface area (Å²) in [6.45, 7) is 1.12. The summed E-state index contributed by atoms with van der Waals surface area (Å²) < 4.78 is 1.54. The first kappa shape index (κ1) is 9.79. The first-order valence-electron chi connectivity index (χ1n) is 4.75. The normalized spacial score (nSPS) is 21.6. The summed E-state index contributed by atoms with van der Waals surface area (Å²) in [6.07, 6.45) is 2.48. The minimum Gasteiger partial charge on any atom is -0.313 e. The van der Waals surface area contributed by atoms with Crippen molar-refractivity contribution in [2.24, 2.45) is 7.05 Å². The number of nitrogens with one attached hydrogen (secondary N) is 2. The molecular formula is C8H14N4OS. The third kappa shape index (κ3) is 2.01. The molecule has 0 aliphatic carbocycles. The van der Waals surface area contributed by atoms with E-state index in [1.807, 2.05) is 0 Å². The summed E-state index contributed by atoms with van der Waals surface area (Å²) in [7, 11) is 1.73. The predicted octanol–water partition coefficient (Wildman–Crippen LogP) is -0.0475. The summed E-state index contributed by atoms with van der Waals surface area (Å²) in [5, 5.41) is 10.5. The zero-order chi connectivity index (χ0) is 9.97. The van der Waals surface area contributed by atoms with Crippen molar-refractivity contribution in [3.63, 3.8) is 0 Å². The molecule has 0 radical (unpaired) electrons. The minimum absolute atomic E-state index is 0.146. The Hall–Kier alpha value is -0.750. The molecule has 0 amide bonds. The van der Waals surface area contributed by atoms with Crippen molar-refractivity contribution >= 4 is 11.8 Å². The predicted molar refractivity (Wildman–Crippen MR) is 55.6 cm³/mol. The molecule has 1 aliphatic heterocycles. The smallest absolute Gasteiger partial charge is 0.313 e. The van der Waals surface area contributed by atoms with E-state index in [-0.39, 0.29) is 5.69 Å². The third-order valence-electron chi connectivity index (χ3n) is 2.41. The number of aromatic amines is 1. The van der Waals surface area contributed by atoms with E-state index in [4.69, 9.17) is 0 Å². The Morgan fingerprint density at radius 2 is 2.57 bits per heavy atom. The summed E-state index contributed by atoms with van der Waals surface area (Å²) in [6, 6.07) is 0.576. The van der Waals surface area contributed by atoms with E-state index in [1.165, 1.54) is 12.8 Å². The van der Waals surface area contributed by atoms with Gasteiger partial charge in [-0.25, -0.2) is 9.89 Å². The van der Waals surface area contributed by atoms with Gasteiger partial charge in [-0.05, 0) is 19.4 Å². The van der Waals surface area contributed by atoms with Crippen molar-refractivity contribution in [1.29, 1.82) is 0 Å². The zero-order valence-corrected chi connectivity index (χ0v) is 8.93. The number of thioether (sulfide) groups is 1. The lowest BCUT2D eigenvalue weighted by Gasteiger charge is -2.07. The van der Waals surface area contributed by atoms with Gasteiger partial charge >= 0.3 is 5.69 Å². The van der Waals surface area contributed by atoms with Crippen LogP contribution in [0.3, 0.4) is 0 Å². The number of hydrogen-bond acceptors (Lipinski definition) is 4. The van der Waals surface area contributed by atoms with E-state index in [0.717, 1.165) is 17.5 Å². The van der Waals surface area contributed by atoms with Gasteiger partial charge in [-0.3, -0.25) is 4.57 Å². The van der Waals surface area contributed by atoms with Crippen molar-refractivity contribution in [2.45, 2.75) is 24.0 Å². The highest BCUT2D eigenvalue weighted by atomic mass is 32.2. The quantitative estimate of drug-likeness (QED) is 0.693. The summed E-state index contributed by atoms with van der Waals surface area (Å²) in [5.41, 5.74) is -0.146. The molecule has 6 heteroatoms. The van der Waals surface area contributed by atoms with Crippen LogP contribution >= 0.6 is 11.8 Å². The molecule has 14 heavy (non-hydrogen) atoms. The second-order valence-corrected chi connectivity index (χ2v) is 4.46. The fourth-order valence-electron chi connectivity index (χ4n) is 1.54. The lowest BCUT2D eigenvalue weighted by atomic mass is 10.3. The number of hydrogen-bond donors (Lipinski definition) is 2. The zero-order valence-electron chi connectivity index (χ0n) is 8.12. The fraction of sp³-hybridized carbons (Fsp3) is 0.750. The van der Waals surface area contributed by atoms with Gasteiger partial charge in [0.25, 0.3) is 0 Å². The van der Waals surface area contributed by atoms with Crippen LogP contribution in [-0.4, -0.2) is 33.1 Å². The molecule has 0 saturated carbocycles. The number of rotatable bonds is 3. The Bertz CT molecular complexity index is 352. The van der Waals surface area contributed by atoms with Gasteiger partial charge in [-0.15, -0.1) is 5.10 Å². The second kappa shape index (κ2) is 4.18. The Balaban J connectivity index is 1.91. The standard InChI is InChI=1S/C8H14N4OS/c1-12-7(13)10-11-8(12)14-5-6-3-2-4-9-6/h6,9H,2-5H2,1H3,(H,10,13). The molecular weight excluding hydrogens is 200 g/mol. The average Bonchev–Trinajstić information content (AvgIpc) is 2.77. The molecule has 5 nitrogen and oxygen atoms in total. The van der Waals surface area contributed by atoms with E-state index in [1.54, 1.807) is 23.4 Å². The molecule has 2 heterocycles. The molecule has 1 fully saturated rings. The Morgan fingerprint density at radius 1 is 1.71 bits per heavy atom. The molecule has 78 valence electrons. The number of H-pyrrole nitrogens is 1. The molecule has 1 unspecified atom stereocenters. The van der Waals surface area contributed by atoms with Crippen molar-refractivity contribution < 1.29 is 0 Å². The summed E-state index contributed by atoms with van der Waals surface area (Å²) in [5.74, 6) is 0.984. The van der Waals surface area contributed by atoms with E-state index in [9.17, 15) is 4.79 Å². The van der Waals surface area contributed by atoms with Crippen molar-refractivity contribution in [2.75, 3.05) is 12.3 Å². The Labute approximate surface area is 86.3 Å². The van der Waals surface area contributed by atoms with Crippen LogP contribution in [0.2, 0.25) is 0 Å². The molecule has 0 bridgehead atoms. The fourth-order valence-corrected chi connectivity index (χ4v) is 2.56.